The van der Waals surface area contributed by atoms with Crippen molar-refractivity contribution >= 4 is 5.91 Å². The smallest absolute Gasteiger partial charge is 0.244 e. The number of nitrogens with zero attached hydrogens (tertiary/aromatic N) is 2. The summed E-state index contributed by atoms with van der Waals surface area (Å²) in [5.41, 5.74) is 1.16. The normalized spacial score (nSPS) is 24.1. The first-order chi connectivity index (χ1) is 10.7. The van der Waals surface area contributed by atoms with E-state index < -0.39 is 0 Å². The fraction of sp³-hybridized carbons (Fsp3) is 0.632. The van der Waals surface area contributed by atoms with E-state index in [4.69, 9.17) is 0 Å². The second-order valence-corrected chi connectivity index (χ2v) is 7.04. The van der Waals surface area contributed by atoms with Gasteiger partial charge in [-0.1, -0.05) is 44.2 Å². The van der Waals surface area contributed by atoms with Crippen molar-refractivity contribution in [3.63, 3.8) is 0 Å². The molecule has 2 atom stereocenters. The lowest BCUT2D eigenvalue weighted by Crippen LogP contribution is -2.45. The highest BCUT2D eigenvalue weighted by Gasteiger charge is 2.38. The molecule has 0 aliphatic carbocycles. The van der Waals surface area contributed by atoms with E-state index in [9.17, 15) is 4.79 Å². The Morgan fingerprint density at radius 3 is 2.36 bits per heavy atom. The predicted molar refractivity (Wildman–Crippen MR) is 89.6 cm³/mol. The number of benzene rings is 1. The maximum absolute atomic E-state index is 13.3. The Kier molecular flexibility index (Phi) is 4.82. The van der Waals surface area contributed by atoms with Gasteiger partial charge in [0.15, 0.2) is 0 Å². The highest BCUT2D eigenvalue weighted by Crippen LogP contribution is 2.32. The van der Waals surface area contributed by atoms with Gasteiger partial charge in [0.2, 0.25) is 5.91 Å². The number of carbonyl (C=O) groups is 1. The summed E-state index contributed by atoms with van der Waals surface area (Å²) in [4.78, 5) is 17.9. The van der Waals surface area contributed by atoms with Crippen LogP contribution in [0.1, 0.15) is 51.1 Å². The van der Waals surface area contributed by atoms with Crippen LogP contribution in [-0.2, 0) is 4.79 Å². The minimum Gasteiger partial charge on any atom is -0.338 e. The molecule has 0 spiro atoms. The lowest BCUT2D eigenvalue weighted by molar-refractivity contribution is -0.138. The van der Waals surface area contributed by atoms with Gasteiger partial charge in [0.05, 0.1) is 0 Å². The zero-order chi connectivity index (χ0) is 15.5. The van der Waals surface area contributed by atoms with E-state index in [0.29, 0.717) is 17.9 Å². The minimum absolute atomic E-state index is 0.0805. The van der Waals surface area contributed by atoms with Crippen LogP contribution >= 0.6 is 0 Å². The van der Waals surface area contributed by atoms with E-state index in [1.165, 1.54) is 12.8 Å². The van der Waals surface area contributed by atoms with Crippen molar-refractivity contribution in [1.82, 2.24) is 9.80 Å². The van der Waals surface area contributed by atoms with Gasteiger partial charge < -0.3 is 4.90 Å². The van der Waals surface area contributed by atoms with Gasteiger partial charge in [-0.15, -0.1) is 0 Å². The van der Waals surface area contributed by atoms with E-state index in [1.54, 1.807) is 0 Å². The van der Waals surface area contributed by atoms with Crippen LogP contribution in [0.25, 0.3) is 0 Å². The molecule has 1 aromatic rings. The molecule has 1 amide bonds. The zero-order valence-electron chi connectivity index (χ0n) is 13.9. The van der Waals surface area contributed by atoms with Crippen LogP contribution in [0, 0.1) is 5.92 Å². The molecule has 1 unspecified atom stereocenters. The molecule has 120 valence electrons. The molecule has 3 rings (SSSR count). The topological polar surface area (TPSA) is 23.6 Å². The monoisotopic (exact) mass is 300 g/mol. The highest BCUT2D eigenvalue weighted by molar-refractivity contribution is 5.84. The second-order valence-electron chi connectivity index (χ2n) is 7.04. The number of amides is 1. The van der Waals surface area contributed by atoms with Crippen molar-refractivity contribution in [2.45, 2.75) is 51.6 Å². The minimum atomic E-state index is -0.0805. The lowest BCUT2D eigenvalue weighted by Gasteiger charge is -2.35. The van der Waals surface area contributed by atoms with E-state index >= 15 is 0 Å². The second kappa shape index (κ2) is 6.82. The summed E-state index contributed by atoms with van der Waals surface area (Å²) in [6.07, 6.45) is 4.73. The van der Waals surface area contributed by atoms with Gasteiger partial charge in [-0.3, -0.25) is 9.69 Å². The summed E-state index contributed by atoms with van der Waals surface area (Å²) in [7, 11) is 0. The third-order valence-corrected chi connectivity index (χ3v) is 5.21. The Labute approximate surface area is 134 Å². The Balaban J connectivity index is 1.87. The van der Waals surface area contributed by atoms with Crippen LogP contribution < -0.4 is 0 Å². The van der Waals surface area contributed by atoms with Gasteiger partial charge >= 0.3 is 0 Å². The lowest BCUT2D eigenvalue weighted by atomic mass is 9.99. The summed E-state index contributed by atoms with van der Waals surface area (Å²) in [5, 5.41) is 0. The number of hydrogen-bond donors (Lipinski definition) is 0. The van der Waals surface area contributed by atoms with Gasteiger partial charge in [0.1, 0.15) is 6.04 Å². The first-order valence-electron chi connectivity index (χ1n) is 8.78. The van der Waals surface area contributed by atoms with Gasteiger partial charge in [-0.2, -0.15) is 0 Å². The van der Waals surface area contributed by atoms with Crippen LogP contribution in [0.5, 0.6) is 0 Å². The van der Waals surface area contributed by atoms with Gasteiger partial charge in [0, 0.05) is 12.6 Å². The molecule has 2 fully saturated rings. The van der Waals surface area contributed by atoms with Crippen LogP contribution in [-0.4, -0.2) is 41.4 Å². The molecule has 0 bridgehead atoms. The quantitative estimate of drug-likeness (QED) is 0.850. The molecule has 3 heteroatoms. The average molecular weight is 300 g/mol. The SMILES string of the molecule is CC(C)C1CCCN1C(=O)[C@H](c1ccccc1)N1CCCC1. The largest absolute Gasteiger partial charge is 0.338 e. The van der Waals surface area contributed by atoms with Crippen molar-refractivity contribution in [1.29, 1.82) is 0 Å². The summed E-state index contributed by atoms with van der Waals surface area (Å²) in [6, 6.07) is 10.7. The van der Waals surface area contributed by atoms with Gasteiger partial charge in [0.25, 0.3) is 0 Å². The molecule has 0 aromatic heterocycles. The standard InChI is InChI=1S/C19H28N2O/c1-15(2)17-11-8-14-21(17)19(22)18(20-12-6-7-13-20)16-9-4-3-5-10-16/h3-5,9-10,15,17-18H,6-8,11-14H2,1-2H3/t17?,18-/m0/s1. The maximum Gasteiger partial charge on any atom is 0.244 e. The van der Waals surface area contributed by atoms with Crippen molar-refractivity contribution in [2.75, 3.05) is 19.6 Å². The average Bonchev–Trinajstić information content (AvgIpc) is 3.20. The summed E-state index contributed by atoms with van der Waals surface area (Å²) in [5.74, 6) is 0.866. The predicted octanol–water partition coefficient (Wildman–Crippen LogP) is 3.47. The molecular formula is C19H28N2O. The molecule has 3 nitrogen and oxygen atoms in total. The molecule has 2 aliphatic heterocycles. The maximum atomic E-state index is 13.3. The van der Waals surface area contributed by atoms with E-state index in [-0.39, 0.29) is 6.04 Å². The Morgan fingerprint density at radius 1 is 1.05 bits per heavy atom. The number of likely N-dealkylation sites (tertiary alicyclic amines) is 2. The first kappa shape index (κ1) is 15.5. The molecule has 0 N–H and O–H groups in total. The fourth-order valence-corrected chi connectivity index (χ4v) is 4.06. The highest BCUT2D eigenvalue weighted by atomic mass is 16.2. The van der Waals surface area contributed by atoms with Gasteiger partial charge in [-0.05, 0) is 50.3 Å². The third-order valence-electron chi connectivity index (χ3n) is 5.21. The van der Waals surface area contributed by atoms with Crippen LogP contribution in [0.2, 0.25) is 0 Å². The molecule has 2 heterocycles. The molecule has 2 aliphatic rings. The van der Waals surface area contributed by atoms with Crippen LogP contribution in [0.15, 0.2) is 30.3 Å². The fourth-order valence-electron chi connectivity index (χ4n) is 4.06. The zero-order valence-corrected chi connectivity index (χ0v) is 13.9. The van der Waals surface area contributed by atoms with Gasteiger partial charge in [-0.25, -0.2) is 0 Å². The van der Waals surface area contributed by atoms with Crippen molar-refractivity contribution < 1.29 is 4.79 Å². The van der Waals surface area contributed by atoms with Crippen LogP contribution in [0.4, 0.5) is 0 Å². The summed E-state index contributed by atoms with van der Waals surface area (Å²) >= 11 is 0. The van der Waals surface area contributed by atoms with Crippen molar-refractivity contribution in [3.05, 3.63) is 35.9 Å². The molecule has 0 radical (unpaired) electrons. The Bertz CT molecular complexity index is 493. The summed E-state index contributed by atoms with van der Waals surface area (Å²) < 4.78 is 0. The number of rotatable bonds is 4. The van der Waals surface area contributed by atoms with E-state index in [0.717, 1.165) is 38.0 Å². The molecule has 1 aromatic carbocycles. The molecule has 2 saturated heterocycles. The number of carbonyl (C=O) groups excluding carboxylic acids is 1. The first-order valence-corrected chi connectivity index (χ1v) is 8.78. The Hall–Kier alpha value is -1.35. The molecule has 22 heavy (non-hydrogen) atoms. The Morgan fingerprint density at radius 2 is 1.73 bits per heavy atom. The van der Waals surface area contributed by atoms with Crippen LogP contribution in [0.3, 0.4) is 0 Å². The van der Waals surface area contributed by atoms with Crippen molar-refractivity contribution in [3.8, 4) is 0 Å². The van der Waals surface area contributed by atoms with E-state index in [2.05, 4.69) is 47.9 Å². The molecular weight excluding hydrogens is 272 g/mol. The van der Waals surface area contributed by atoms with Crippen molar-refractivity contribution in [2.24, 2.45) is 5.92 Å². The third kappa shape index (κ3) is 3.05. The van der Waals surface area contributed by atoms with E-state index in [1.807, 2.05) is 6.07 Å². The molecule has 0 saturated carbocycles. The number of hydrogen-bond acceptors (Lipinski definition) is 2. The summed E-state index contributed by atoms with van der Waals surface area (Å²) in [6.45, 7) is 7.50.